The van der Waals surface area contributed by atoms with Gasteiger partial charge in [0.15, 0.2) is 0 Å². The number of rotatable bonds is 4. The van der Waals surface area contributed by atoms with Crippen molar-refractivity contribution >= 4 is 16.1 Å². The zero-order chi connectivity index (χ0) is 15.6. The summed E-state index contributed by atoms with van der Waals surface area (Å²) < 4.78 is 23.5. The first-order valence-electron chi connectivity index (χ1n) is 6.80. The Labute approximate surface area is 121 Å². The molecule has 1 unspecified atom stereocenters. The van der Waals surface area contributed by atoms with Gasteiger partial charge in [0.2, 0.25) is 5.91 Å². The minimum atomic E-state index is -3.65. The number of hydrogen-bond donors (Lipinski definition) is 2. The number of amides is 1. The summed E-state index contributed by atoms with van der Waals surface area (Å²) in [6, 6.07) is -0.168. The van der Waals surface area contributed by atoms with Crippen molar-refractivity contribution in [1.29, 1.82) is 0 Å². The first-order chi connectivity index (χ1) is 8.99. The monoisotopic (exact) mass is 306 g/mol. The normalized spacial score (nSPS) is 19.9. The fourth-order valence-electron chi connectivity index (χ4n) is 2.40. The SMILES string of the molecule is CC(C)(C)CC(N)CC(=O)N1CCN(S(N)(=O)=O)CC1. The Morgan fingerprint density at radius 2 is 1.70 bits per heavy atom. The average Bonchev–Trinajstić information content (AvgIpc) is 2.25. The molecule has 1 saturated heterocycles. The van der Waals surface area contributed by atoms with Gasteiger partial charge >= 0.3 is 0 Å². The number of nitrogens with two attached hydrogens (primary N) is 2. The zero-order valence-corrected chi connectivity index (χ0v) is 13.3. The molecular formula is C12H26N4O3S. The Morgan fingerprint density at radius 1 is 1.20 bits per heavy atom. The molecule has 1 atom stereocenters. The quantitative estimate of drug-likeness (QED) is 0.728. The highest BCUT2D eigenvalue weighted by Crippen LogP contribution is 2.21. The molecule has 1 fully saturated rings. The van der Waals surface area contributed by atoms with Gasteiger partial charge in [-0.25, -0.2) is 5.14 Å². The lowest BCUT2D eigenvalue weighted by molar-refractivity contribution is -0.132. The van der Waals surface area contributed by atoms with Gasteiger partial charge in [-0.2, -0.15) is 12.7 Å². The first kappa shape index (κ1) is 17.4. The molecule has 1 heterocycles. The van der Waals surface area contributed by atoms with Gasteiger partial charge in [-0.1, -0.05) is 20.8 Å². The van der Waals surface area contributed by atoms with Crippen LogP contribution >= 0.6 is 0 Å². The lowest BCUT2D eigenvalue weighted by atomic mass is 9.87. The van der Waals surface area contributed by atoms with Gasteiger partial charge in [0.1, 0.15) is 0 Å². The van der Waals surface area contributed by atoms with E-state index >= 15 is 0 Å². The highest BCUT2D eigenvalue weighted by Gasteiger charge is 2.27. The molecule has 1 aliphatic rings. The standard InChI is InChI=1S/C12H26N4O3S/c1-12(2,3)9-10(13)8-11(17)15-4-6-16(7-5-15)20(14,18)19/h10H,4-9,13H2,1-3H3,(H2,14,18,19). The van der Waals surface area contributed by atoms with Crippen LogP contribution in [-0.4, -0.2) is 55.8 Å². The van der Waals surface area contributed by atoms with E-state index in [2.05, 4.69) is 20.8 Å². The van der Waals surface area contributed by atoms with Gasteiger partial charge in [-0.05, 0) is 11.8 Å². The van der Waals surface area contributed by atoms with Crippen LogP contribution in [0, 0.1) is 5.41 Å². The summed E-state index contributed by atoms with van der Waals surface area (Å²) in [6.45, 7) is 7.50. The lowest BCUT2D eigenvalue weighted by Crippen LogP contribution is -2.52. The van der Waals surface area contributed by atoms with Crippen LogP contribution in [0.15, 0.2) is 0 Å². The van der Waals surface area contributed by atoms with Crippen LogP contribution in [0.1, 0.15) is 33.6 Å². The van der Waals surface area contributed by atoms with Crippen molar-refractivity contribution in [1.82, 2.24) is 9.21 Å². The molecule has 4 N–H and O–H groups in total. The molecule has 0 aromatic heterocycles. The lowest BCUT2D eigenvalue weighted by Gasteiger charge is -2.34. The average molecular weight is 306 g/mol. The number of nitrogens with zero attached hydrogens (tertiary/aromatic N) is 2. The van der Waals surface area contributed by atoms with Crippen LogP contribution < -0.4 is 10.9 Å². The second kappa shape index (κ2) is 6.38. The number of piperazine rings is 1. The molecule has 0 saturated carbocycles. The smallest absolute Gasteiger partial charge is 0.277 e. The van der Waals surface area contributed by atoms with Gasteiger partial charge in [0.05, 0.1) is 0 Å². The number of hydrogen-bond acceptors (Lipinski definition) is 4. The summed E-state index contributed by atoms with van der Waals surface area (Å²) in [7, 11) is -3.65. The maximum Gasteiger partial charge on any atom is 0.277 e. The second-order valence-electron chi connectivity index (χ2n) is 6.55. The van der Waals surface area contributed by atoms with Crippen LogP contribution in [0.2, 0.25) is 0 Å². The predicted octanol–water partition coefficient (Wildman–Crippen LogP) is -0.512. The third-order valence-corrected chi connectivity index (χ3v) is 4.35. The van der Waals surface area contributed by atoms with Crippen LogP contribution in [-0.2, 0) is 15.0 Å². The van der Waals surface area contributed by atoms with Crippen molar-refractivity contribution in [2.45, 2.75) is 39.7 Å². The van der Waals surface area contributed by atoms with Gasteiger partial charge in [0, 0.05) is 38.6 Å². The first-order valence-corrected chi connectivity index (χ1v) is 8.30. The topological polar surface area (TPSA) is 110 Å². The second-order valence-corrected chi connectivity index (χ2v) is 8.10. The molecule has 0 aliphatic carbocycles. The largest absolute Gasteiger partial charge is 0.340 e. The number of carbonyl (C=O) groups is 1. The maximum atomic E-state index is 12.1. The van der Waals surface area contributed by atoms with E-state index in [0.717, 1.165) is 6.42 Å². The highest BCUT2D eigenvalue weighted by molar-refractivity contribution is 7.86. The van der Waals surface area contributed by atoms with Crippen molar-refractivity contribution in [3.8, 4) is 0 Å². The van der Waals surface area contributed by atoms with Crippen molar-refractivity contribution < 1.29 is 13.2 Å². The molecular weight excluding hydrogens is 280 g/mol. The molecule has 1 aliphatic heterocycles. The molecule has 118 valence electrons. The Morgan fingerprint density at radius 3 is 2.10 bits per heavy atom. The Bertz CT molecular complexity index is 436. The molecule has 0 bridgehead atoms. The molecule has 0 aromatic carbocycles. The van der Waals surface area contributed by atoms with Crippen LogP contribution in [0.4, 0.5) is 0 Å². The molecule has 0 spiro atoms. The van der Waals surface area contributed by atoms with E-state index in [4.69, 9.17) is 10.9 Å². The van der Waals surface area contributed by atoms with E-state index in [-0.39, 0.29) is 30.5 Å². The third-order valence-electron chi connectivity index (χ3n) is 3.26. The maximum absolute atomic E-state index is 12.1. The van der Waals surface area contributed by atoms with E-state index in [1.165, 1.54) is 4.31 Å². The van der Waals surface area contributed by atoms with E-state index in [1.54, 1.807) is 4.90 Å². The van der Waals surface area contributed by atoms with Gasteiger partial charge < -0.3 is 10.6 Å². The predicted molar refractivity (Wildman–Crippen MR) is 77.9 cm³/mol. The van der Waals surface area contributed by atoms with E-state index in [9.17, 15) is 13.2 Å². The van der Waals surface area contributed by atoms with E-state index in [1.807, 2.05) is 0 Å². The third kappa shape index (κ3) is 5.74. The summed E-state index contributed by atoms with van der Waals surface area (Å²) in [5.41, 5.74) is 6.08. The highest BCUT2D eigenvalue weighted by atomic mass is 32.2. The summed E-state index contributed by atoms with van der Waals surface area (Å²) in [5.74, 6) is -0.0178. The van der Waals surface area contributed by atoms with Gasteiger partial charge in [-0.15, -0.1) is 0 Å². The Balaban J connectivity index is 2.44. The van der Waals surface area contributed by atoms with Crippen molar-refractivity contribution in [2.75, 3.05) is 26.2 Å². The fraction of sp³-hybridized carbons (Fsp3) is 0.917. The van der Waals surface area contributed by atoms with Crippen molar-refractivity contribution in [3.05, 3.63) is 0 Å². The summed E-state index contributed by atoms with van der Waals surface area (Å²) >= 11 is 0. The Kier molecular flexibility index (Phi) is 5.54. The molecule has 20 heavy (non-hydrogen) atoms. The van der Waals surface area contributed by atoms with Crippen LogP contribution in [0.25, 0.3) is 0 Å². The molecule has 8 heteroatoms. The minimum absolute atomic E-state index is 0.0178. The van der Waals surface area contributed by atoms with Crippen molar-refractivity contribution in [3.63, 3.8) is 0 Å². The van der Waals surface area contributed by atoms with Crippen LogP contribution in [0.3, 0.4) is 0 Å². The van der Waals surface area contributed by atoms with Gasteiger partial charge in [0.25, 0.3) is 10.2 Å². The summed E-state index contributed by atoms with van der Waals surface area (Å²) in [6.07, 6.45) is 1.07. The summed E-state index contributed by atoms with van der Waals surface area (Å²) in [5, 5.41) is 5.06. The van der Waals surface area contributed by atoms with Crippen LogP contribution in [0.5, 0.6) is 0 Å². The molecule has 1 rings (SSSR count). The fourth-order valence-corrected chi connectivity index (χ4v) is 3.08. The van der Waals surface area contributed by atoms with Gasteiger partial charge in [-0.3, -0.25) is 4.79 Å². The van der Waals surface area contributed by atoms with E-state index in [0.29, 0.717) is 19.5 Å². The van der Waals surface area contributed by atoms with E-state index < -0.39 is 10.2 Å². The zero-order valence-electron chi connectivity index (χ0n) is 12.5. The number of carbonyl (C=O) groups excluding carboxylic acids is 1. The Hall–Kier alpha value is -0.700. The summed E-state index contributed by atoms with van der Waals surface area (Å²) in [4.78, 5) is 13.8. The molecule has 1 amide bonds. The van der Waals surface area contributed by atoms with Crippen molar-refractivity contribution in [2.24, 2.45) is 16.3 Å². The molecule has 0 aromatic rings. The minimum Gasteiger partial charge on any atom is -0.340 e. The molecule has 7 nitrogen and oxygen atoms in total. The molecule has 0 radical (unpaired) electrons.